The number of rotatable bonds is 14. The number of benzene rings is 3. The summed E-state index contributed by atoms with van der Waals surface area (Å²) < 4.78 is 36.3. The molecule has 2 heterocycles. The summed E-state index contributed by atoms with van der Waals surface area (Å²) in [5.41, 5.74) is 3.73. The summed E-state index contributed by atoms with van der Waals surface area (Å²) in [6.45, 7) is 10.0. The molecular weight excluding hydrogens is 740 g/mol. The monoisotopic (exact) mass is 778 g/mol. The van der Waals surface area contributed by atoms with Crippen LogP contribution < -0.4 is 33.8 Å². The lowest BCUT2D eigenvalue weighted by molar-refractivity contribution is -0.143. The molecule has 0 saturated carbocycles. The highest BCUT2D eigenvalue weighted by molar-refractivity contribution is 9.10. The number of thiazole rings is 1. The first-order valence-corrected chi connectivity index (χ1v) is 18.0. The lowest BCUT2D eigenvalue weighted by Crippen LogP contribution is -2.40. The fraction of sp³-hybridized carbons (Fsp3) is 0.316. The zero-order valence-electron chi connectivity index (χ0n) is 29.2. The summed E-state index contributed by atoms with van der Waals surface area (Å²) in [5.74, 6) is 0.565. The molecule has 1 aromatic heterocycles. The largest absolute Gasteiger partial charge is 0.490 e. The maximum Gasteiger partial charge on any atom is 0.343 e. The van der Waals surface area contributed by atoms with Crippen molar-refractivity contribution in [2.45, 2.75) is 47.3 Å². The lowest BCUT2D eigenvalue weighted by Gasteiger charge is -2.25. The highest BCUT2D eigenvalue weighted by atomic mass is 79.9. The average Bonchev–Trinajstić information content (AvgIpc) is 3.41. The SMILES string of the molecule is CCOC(=O)C1=C(C)N=c2s/c(=C\c3cc(Br)c(OCc4ccc(C)cc4)c(OCC)c3)c(=O)n2[C@@H]1c1ccc(OCC(=O)OC)c(OCC)c1. The van der Waals surface area contributed by atoms with E-state index in [4.69, 9.17) is 28.4 Å². The van der Waals surface area contributed by atoms with Gasteiger partial charge >= 0.3 is 11.9 Å². The predicted molar refractivity (Wildman–Crippen MR) is 196 cm³/mol. The van der Waals surface area contributed by atoms with Crippen LogP contribution in [0.3, 0.4) is 0 Å². The van der Waals surface area contributed by atoms with Gasteiger partial charge in [0, 0.05) is 0 Å². The summed E-state index contributed by atoms with van der Waals surface area (Å²) in [5, 5.41) is 0. The van der Waals surface area contributed by atoms with Crippen molar-refractivity contribution in [3.05, 3.63) is 112 Å². The molecule has 5 rings (SSSR count). The Kier molecular flexibility index (Phi) is 12.4. The van der Waals surface area contributed by atoms with Gasteiger partial charge in [-0.25, -0.2) is 14.6 Å². The fourth-order valence-corrected chi connectivity index (χ4v) is 7.07. The van der Waals surface area contributed by atoms with Crippen molar-refractivity contribution < 1.29 is 38.0 Å². The van der Waals surface area contributed by atoms with E-state index in [0.29, 0.717) is 73.4 Å². The third-order valence-electron chi connectivity index (χ3n) is 7.81. The molecule has 1 aliphatic rings. The van der Waals surface area contributed by atoms with Crippen molar-refractivity contribution in [3.8, 4) is 23.0 Å². The minimum absolute atomic E-state index is 0.138. The van der Waals surface area contributed by atoms with Gasteiger partial charge in [0.1, 0.15) is 6.61 Å². The minimum atomic E-state index is -0.889. The number of hydrogen-bond acceptors (Lipinski definition) is 11. The van der Waals surface area contributed by atoms with Crippen LogP contribution in [-0.2, 0) is 25.7 Å². The number of esters is 2. The van der Waals surface area contributed by atoms with E-state index >= 15 is 0 Å². The Bertz CT molecular complexity index is 2140. The maximum absolute atomic E-state index is 14.3. The van der Waals surface area contributed by atoms with Crippen molar-refractivity contribution in [2.75, 3.05) is 33.5 Å². The van der Waals surface area contributed by atoms with Crippen LogP contribution in [0.25, 0.3) is 6.08 Å². The van der Waals surface area contributed by atoms with E-state index in [-0.39, 0.29) is 24.3 Å². The van der Waals surface area contributed by atoms with Crippen LogP contribution in [0.15, 0.2) is 80.1 Å². The van der Waals surface area contributed by atoms with E-state index in [1.807, 2.05) is 57.2 Å². The lowest BCUT2D eigenvalue weighted by atomic mass is 9.95. The summed E-state index contributed by atoms with van der Waals surface area (Å²) in [6.07, 6.45) is 1.76. The molecule has 0 fully saturated rings. The van der Waals surface area contributed by atoms with Gasteiger partial charge in [-0.1, -0.05) is 47.2 Å². The molecule has 4 aromatic rings. The van der Waals surface area contributed by atoms with Gasteiger partial charge in [-0.05, 0) is 97.6 Å². The van der Waals surface area contributed by atoms with Crippen molar-refractivity contribution in [1.82, 2.24) is 4.57 Å². The smallest absolute Gasteiger partial charge is 0.343 e. The predicted octanol–water partition coefficient (Wildman–Crippen LogP) is 5.80. The van der Waals surface area contributed by atoms with Gasteiger partial charge in [-0.2, -0.15) is 0 Å². The van der Waals surface area contributed by atoms with Crippen LogP contribution >= 0.6 is 27.3 Å². The van der Waals surface area contributed by atoms with Crippen molar-refractivity contribution in [1.29, 1.82) is 0 Å². The van der Waals surface area contributed by atoms with Gasteiger partial charge in [0.25, 0.3) is 5.56 Å². The summed E-state index contributed by atoms with van der Waals surface area (Å²) in [6, 6.07) is 15.9. The first-order chi connectivity index (χ1) is 24.6. The van der Waals surface area contributed by atoms with Gasteiger partial charge in [-0.3, -0.25) is 9.36 Å². The highest BCUT2D eigenvalue weighted by Crippen LogP contribution is 2.39. The Hall–Kier alpha value is -4.88. The van der Waals surface area contributed by atoms with Crippen LogP contribution in [0.2, 0.25) is 0 Å². The molecule has 1 atom stereocenters. The Morgan fingerprint density at radius 2 is 1.63 bits per heavy atom. The summed E-state index contributed by atoms with van der Waals surface area (Å²) in [4.78, 5) is 44.6. The molecule has 13 heteroatoms. The normalized spacial score (nSPS) is 14.0. The molecule has 1 aliphatic heterocycles. The number of fused-ring (bicyclic) bond motifs is 1. The molecule has 0 bridgehead atoms. The van der Waals surface area contributed by atoms with Gasteiger partial charge in [0.2, 0.25) is 0 Å². The summed E-state index contributed by atoms with van der Waals surface area (Å²) in [7, 11) is 1.27. The van der Waals surface area contributed by atoms with Crippen molar-refractivity contribution >= 4 is 45.3 Å². The second kappa shape index (κ2) is 16.9. The average molecular weight is 780 g/mol. The molecule has 0 radical (unpaired) electrons. The first kappa shape index (κ1) is 37.4. The molecule has 0 aliphatic carbocycles. The Morgan fingerprint density at radius 3 is 2.31 bits per heavy atom. The molecule has 0 saturated heterocycles. The number of nitrogens with zero attached hydrogens (tertiary/aromatic N) is 2. The maximum atomic E-state index is 14.3. The number of methoxy groups -OCH3 is 1. The highest BCUT2D eigenvalue weighted by Gasteiger charge is 2.34. The van der Waals surface area contributed by atoms with E-state index in [1.165, 1.54) is 28.6 Å². The molecule has 3 aromatic carbocycles. The van der Waals surface area contributed by atoms with Gasteiger partial charge in [0.15, 0.2) is 34.4 Å². The zero-order valence-corrected chi connectivity index (χ0v) is 31.6. The number of hydrogen-bond donors (Lipinski definition) is 0. The number of allylic oxidation sites excluding steroid dienone is 1. The van der Waals surface area contributed by atoms with Crippen LogP contribution in [0.1, 0.15) is 56.0 Å². The number of carbonyl (C=O) groups is 2. The van der Waals surface area contributed by atoms with Crippen LogP contribution in [0, 0.1) is 6.92 Å². The van der Waals surface area contributed by atoms with Gasteiger partial charge in [-0.15, -0.1) is 0 Å². The molecule has 0 N–H and O–H groups in total. The van der Waals surface area contributed by atoms with E-state index in [9.17, 15) is 14.4 Å². The Balaban J connectivity index is 1.59. The number of carbonyl (C=O) groups excluding carboxylic acids is 2. The second-order valence-corrected chi connectivity index (χ2v) is 13.2. The molecule has 51 heavy (non-hydrogen) atoms. The number of ether oxygens (including phenoxy) is 6. The van der Waals surface area contributed by atoms with Crippen LogP contribution in [0.5, 0.6) is 23.0 Å². The third-order valence-corrected chi connectivity index (χ3v) is 9.38. The second-order valence-electron chi connectivity index (χ2n) is 11.3. The summed E-state index contributed by atoms with van der Waals surface area (Å²) >= 11 is 4.85. The van der Waals surface area contributed by atoms with Crippen molar-refractivity contribution in [2.24, 2.45) is 4.99 Å². The van der Waals surface area contributed by atoms with Crippen LogP contribution in [-0.4, -0.2) is 50.0 Å². The first-order valence-electron chi connectivity index (χ1n) is 16.4. The zero-order chi connectivity index (χ0) is 36.7. The Labute approximate surface area is 307 Å². The fourth-order valence-electron chi connectivity index (χ4n) is 5.45. The minimum Gasteiger partial charge on any atom is -0.490 e. The van der Waals surface area contributed by atoms with Gasteiger partial charge < -0.3 is 28.4 Å². The van der Waals surface area contributed by atoms with Gasteiger partial charge in [0.05, 0.1) is 53.2 Å². The number of halogens is 1. The Morgan fingerprint density at radius 1 is 0.902 bits per heavy atom. The van der Waals surface area contributed by atoms with E-state index in [2.05, 4.69) is 20.9 Å². The quantitative estimate of drug-likeness (QED) is 0.146. The number of aryl methyl sites for hydroxylation is 1. The number of aromatic nitrogens is 1. The van der Waals surface area contributed by atoms with E-state index in [0.717, 1.165) is 5.56 Å². The molecule has 0 unspecified atom stereocenters. The van der Waals surface area contributed by atoms with Crippen molar-refractivity contribution in [3.63, 3.8) is 0 Å². The van der Waals surface area contributed by atoms with E-state index in [1.54, 1.807) is 38.1 Å². The topological polar surface area (TPSA) is 124 Å². The molecule has 268 valence electrons. The van der Waals surface area contributed by atoms with E-state index < -0.39 is 18.0 Å². The molecule has 0 spiro atoms. The molecule has 0 amide bonds. The molecular formula is C38H39BrN2O9S. The standard InChI is InChI=1S/C38H39BrN2O9S/c1-7-46-29-19-26(14-15-28(29)49-21-32(42)45-6)34-33(37(44)48-9-3)23(5)40-38-41(34)36(43)31(51-38)18-25-16-27(39)35(30(17-25)47-8-2)50-20-24-12-10-22(4)11-13-24/h10-19,34H,7-9,20-21H2,1-6H3/b31-18-/t34-/m1/s1. The molecule has 11 nitrogen and oxygen atoms in total. The third kappa shape index (κ3) is 8.54. The van der Waals surface area contributed by atoms with Crippen LogP contribution in [0.4, 0.5) is 0 Å².